The number of hydrogen-bond donors (Lipinski definition) is 1. The normalized spacial score (nSPS) is 17.5. The Kier molecular flexibility index (Phi) is 3.23. The Bertz CT molecular complexity index is 323. The second-order valence-electron chi connectivity index (χ2n) is 4.03. The van der Waals surface area contributed by atoms with Gasteiger partial charge in [-0.15, -0.1) is 0 Å². The summed E-state index contributed by atoms with van der Waals surface area (Å²) in [5.74, 6) is 0.863. The van der Waals surface area contributed by atoms with E-state index in [4.69, 9.17) is 4.74 Å². The predicted molar refractivity (Wildman–Crippen MR) is 59.1 cm³/mol. The maximum atomic E-state index is 9.65. The fourth-order valence-corrected chi connectivity index (χ4v) is 1.51. The maximum Gasteiger partial charge on any atom is 0.122 e. The first kappa shape index (κ1) is 10.5. The summed E-state index contributed by atoms with van der Waals surface area (Å²) in [5.41, 5.74) is 1.11. The summed E-state index contributed by atoms with van der Waals surface area (Å²) in [4.78, 5) is 2.19. The van der Waals surface area contributed by atoms with Gasteiger partial charge in [0, 0.05) is 19.6 Å². The van der Waals surface area contributed by atoms with Crippen LogP contribution in [0.3, 0.4) is 0 Å². The zero-order valence-electron chi connectivity index (χ0n) is 9.02. The summed E-state index contributed by atoms with van der Waals surface area (Å²) in [6.07, 6.45) is -0.382. The van der Waals surface area contributed by atoms with Crippen LogP contribution in [-0.4, -0.2) is 42.4 Å². The second-order valence-corrected chi connectivity index (χ2v) is 4.03. The molecule has 1 N–H and O–H groups in total. The van der Waals surface area contributed by atoms with Gasteiger partial charge in [0.1, 0.15) is 18.5 Å². The lowest BCUT2D eigenvalue weighted by Crippen LogP contribution is -2.26. The summed E-state index contributed by atoms with van der Waals surface area (Å²) in [6.45, 7) is 5.34. The smallest absolute Gasteiger partial charge is 0.122 e. The zero-order valence-corrected chi connectivity index (χ0v) is 9.02. The van der Waals surface area contributed by atoms with Crippen LogP contribution in [0.5, 0.6) is 5.75 Å². The lowest BCUT2D eigenvalue weighted by molar-refractivity contribution is 0.0940. The number of rotatable bonds is 5. The van der Waals surface area contributed by atoms with E-state index in [1.165, 1.54) is 0 Å². The Morgan fingerprint density at radius 1 is 1.40 bits per heavy atom. The molecular weight excluding hydrogens is 190 g/mol. The van der Waals surface area contributed by atoms with E-state index in [1.807, 2.05) is 31.2 Å². The van der Waals surface area contributed by atoms with E-state index < -0.39 is 0 Å². The molecule has 0 amide bonds. The molecule has 0 saturated carbocycles. The third-order valence-electron chi connectivity index (χ3n) is 2.53. The lowest BCUT2D eigenvalue weighted by Gasteiger charge is -2.13. The summed E-state index contributed by atoms with van der Waals surface area (Å²) >= 11 is 0. The number of ether oxygens (including phenoxy) is 1. The van der Waals surface area contributed by atoms with Crippen molar-refractivity contribution in [1.29, 1.82) is 0 Å². The van der Waals surface area contributed by atoms with Gasteiger partial charge in [-0.2, -0.15) is 0 Å². The quantitative estimate of drug-likeness (QED) is 0.732. The Balaban J connectivity index is 1.78. The van der Waals surface area contributed by atoms with Gasteiger partial charge in [-0.05, 0) is 18.6 Å². The minimum Gasteiger partial charge on any atom is -0.491 e. The van der Waals surface area contributed by atoms with E-state index in [2.05, 4.69) is 4.90 Å². The van der Waals surface area contributed by atoms with Crippen LogP contribution < -0.4 is 4.74 Å². The molecule has 3 nitrogen and oxygen atoms in total. The number of aliphatic hydroxyl groups is 1. The van der Waals surface area contributed by atoms with Gasteiger partial charge in [0.15, 0.2) is 0 Å². The van der Waals surface area contributed by atoms with Crippen molar-refractivity contribution in [3.63, 3.8) is 0 Å². The van der Waals surface area contributed by atoms with Gasteiger partial charge in [-0.3, -0.25) is 4.90 Å². The van der Waals surface area contributed by atoms with Crippen molar-refractivity contribution in [3.05, 3.63) is 29.8 Å². The van der Waals surface area contributed by atoms with E-state index >= 15 is 0 Å². The predicted octanol–water partition coefficient (Wildman–Crippen LogP) is 1.05. The third kappa shape index (κ3) is 3.22. The second kappa shape index (κ2) is 4.64. The molecule has 1 aromatic rings. The molecule has 2 rings (SSSR count). The molecule has 0 bridgehead atoms. The SMILES string of the molecule is Cc1ccccc1OCC(O)CN1CC1. The monoisotopic (exact) mass is 207 g/mol. The Labute approximate surface area is 90.3 Å². The first-order valence-corrected chi connectivity index (χ1v) is 5.34. The first-order chi connectivity index (χ1) is 7.25. The molecule has 1 atom stereocenters. The van der Waals surface area contributed by atoms with Crippen molar-refractivity contribution < 1.29 is 9.84 Å². The Morgan fingerprint density at radius 2 is 2.13 bits per heavy atom. The number of β-amino-alcohol motifs (C(OH)–C–C–N with tert-alkyl or cyclic N) is 1. The number of aryl methyl sites for hydroxylation is 1. The summed E-state index contributed by atoms with van der Waals surface area (Å²) < 4.78 is 5.55. The molecule has 1 fully saturated rings. The molecule has 1 aliphatic heterocycles. The molecule has 0 aromatic heterocycles. The zero-order chi connectivity index (χ0) is 10.7. The minimum atomic E-state index is -0.382. The largest absolute Gasteiger partial charge is 0.491 e. The molecule has 1 saturated heterocycles. The summed E-state index contributed by atoms with van der Waals surface area (Å²) in [6, 6.07) is 7.86. The van der Waals surface area contributed by atoms with Crippen LogP contribution in [0.15, 0.2) is 24.3 Å². The Morgan fingerprint density at radius 3 is 2.80 bits per heavy atom. The molecule has 1 aromatic carbocycles. The van der Waals surface area contributed by atoms with E-state index in [-0.39, 0.29) is 6.10 Å². The van der Waals surface area contributed by atoms with Gasteiger partial charge in [-0.1, -0.05) is 18.2 Å². The van der Waals surface area contributed by atoms with Crippen LogP contribution >= 0.6 is 0 Å². The third-order valence-corrected chi connectivity index (χ3v) is 2.53. The fourth-order valence-electron chi connectivity index (χ4n) is 1.51. The molecule has 3 heteroatoms. The lowest BCUT2D eigenvalue weighted by atomic mass is 10.2. The number of nitrogens with zero attached hydrogens (tertiary/aromatic N) is 1. The minimum absolute atomic E-state index is 0.376. The van der Waals surface area contributed by atoms with Crippen molar-refractivity contribution >= 4 is 0 Å². The van der Waals surface area contributed by atoms with Gasteiger partial charge in [0.25, 0.3) is 0 Å². The van der Waals surface area contributed by atoms with Crippen LogP contribution in [-0.2, 0) is 0 Å². The van der Waals surface area contributed by atoms with E-state index in [1.54, 1.807) is 0 Å². The van der Waals surface area contributed by atoms with Crippen molar-refractivity contribution in [2.45, 2.75) is 13.0 Å². The van der Waals surface area contributed by atoms with Crippen LogP contribution in [0.4, 0.5) is 0 Å². The van der Waals surface area contributed by atoms with Crippen LogP contribution in [0.1, 0.15) is 5.56 Å². The van der Waals surface area contributed by atoms with Crippen LogP contribution in [0, 0.1) is 6.92 Å². The van der Waals surface area contributed by atoms with Crippen molar-refractivity contribution in [2.75, 3.05) is 26.2 Å². The number of benzene rings is 1. The first-order valence-electron chi connectivity index (χ1n) is 5.34. The van der Waals surface area contributed by atoms with Crippen molar-refractivity contribution in [1.82, 2.24) is 4.90 Å². The number of aliphatic hydroxyl groups excluding tert-OH is 1. The van der Waals surface area contributed by atoms with E-state index in [0.29, 0.717) is 6.61 Å². The highest BCUT2D eigenvalue weighted by Gasteiger charge is 2.20. The molecular formula is C12H17NO2. The molecule has 0 spiro atoms. The van der Waals surface area contributed by atoms with Gasteiger partial charge in [-0.25, -0.2) is 0 Å². The van der Waals surface area contributed by atoms with E-state index in [0.717, 1.165) is 30.9 Å². The molecule has 1 aliphatic rings. The highest BCUT2D eigenvalue weighted by atomic mass is 16.5. The highest BCUT2D eigenvalue weighted by molar-refractivity contribution is 5.31. The van der Waals surface area contributed by atoms with Gasteiger partial charge in [0.05, 0.1) is 0 Å². The average Bonchev–Trinajstić information content (AvgIpc) is 3.00. The summed E-state index contributed by atoms with van der Waals surface area (Å²) in [7, 11) is 0. The van der Waals surface area contributed by atoms with Gasteiger partial charge >= 0.3 is 0 Å². The molecule has 1 heterocycles. The van der Waals surface area contributed by atoms with E-state index in [9.17, 15) is 5.11 Å². The fraction of sp³-hybridized carbons (Fsp3) is 0.500. The molecule has 0 radical (unpaired) electrons. The highest BCUT2D eigenvalue weighted by Crippen LogP contribution is 2.16. The summed E-state index contributed by atoms with van der Waals surface area (Å²) in [5, 5.41) is 9.65. The topological polar surface area (TPSA) is 32.5 Å². The van der Waals surface area contributed by atoms with Crippen molar-refractivity contribution in [2.24, 2.45) is 0 Å². The molecule has 0 aliphatic carbocycles. The van der Waals surface area contributed by atoms with Crippen LogP contribution in [0.25, 0.3) is 0 Å². The molecule has 1 unspecified atom stereocenters. The molecule has 82 valence electrons. The molecule has 15 heavy (non-hydrogen) atoms. The maximum absolute atomic E-state index is 9.65. The van der Waals surface area contributed by atoms with Crippen molar-refractivity contribution in [3.8, 4) is 5.75 Å². The number of hydrogen-bond acceptors (Lipinski definition) is 3. The van der Waals surface area contributed by atoms with Crippen LogP contribution in [0.2, 0.25) is 0 Å². The van der Waals surface area contributed by atoms with Gasteiger partial charge in [0.2, 0.25) is 0 Å². The number of para-hydroxylation sites is 1. The Hall–Kier alpha value is -1.06. The van der Waals surface area contributed by atoms with Gasteiger partial charge < -0.3 is 9.84 Å². The standard InChI is InChI=1S/C12H17NO2/c1-10-4-2-3-5-12(10)15-9-11(14)8-13-6-7-13/h2-5,11,14H,6-9H2,1H3. The average molecular weight is 207 g/mol.